The summed E-state index contributed by atoms with van der Waals surface area (Å²) in [4.78, 5) is 53.2. The number of nitrogens with one attached hydrogen (secondary N) is 3. The summed E-state index contributed by atoms with van der Waals surface area (Å²) in [6.07, 6.45) is 7.93. The van der Waals surface area contributed by atoms with Crippen molar-refractivity contribution < 1.29 is 28.7 Å². The van der Waals surface area contributed by atoms with Gasteiger partial charge in [-0.25, -0.2) is 9.59 Å². The summed E-state index contributed by atoms with van der Waals surface area (Å²) in [5.41, 5.74) is 2.06. The number of esters is 1. The number of rotatable bonds is 13. The van der Waals surface area contributed by atoms with Gasteiger partial charge in [0.1, 0.15) is 6.29 Å². The van der Waals surface area contributed by atoms with Crippen LogP contribution in [0.25, 0.3) is 0 Å². The third-order valence-corrected chi connectivity index (χ3v) is 11.9. The van der Waals surface area contributed by atoms with E-state index in [1.54, 1.807) is 0 Å². The molecule has 4 aliphatic heterocycles. The van der Waals surface area contributed by atoms with Gasteiger partial charge in [0.25, 0.3) is 0 Å². The van der Waals surface area contributed by atoms with Crippen molar-refractivity contribution in [3.63, 3.8) is 0 Å². The van der Waals surface area contributed by atoms with Crippen LogP contribution in [0.15, 0.2) is 30.0 Å². The number of nitrogens with zero attached hydrogens (tertiary/aromatic N) is 1. The highest BCUT2D eigenvalue weighted by Crippen LogP contribution is 2.49. The first kappa shape index (κ1) is 32.3. The number of methoxy groups -OCH3 is 2. The van der Waals surface area contributed by atoms with Crippen LogP contribution in [0.1, 0.15) is 67.8 Å². The van der Waals surface area contributed by atoms with E-state index in [1.807, 2.05) is 37.0 Å². The molecule has 4 aliphatic rings. The summed E-state index contributed by atoms with van der Waals surface area (Å²) in [6, 6.07) is 5.93. The lowest BCUT2D eigenvalue weighted by Gasteiger charge is -2.45. The number of thioether (sulfide) groups is 1. The lowest BCUT2D eigenvalue weighted by atomic mass is 9.67. The van der Waals surface area contributed by atoms with Crippen molar-refractivity contribution in [2.45, 2.75) is 80.7 Å². The number of ketones is 1. The van der Waals surface area contributed by atoms with Gasteiger partial charge in [0.05, 0.1) is 43.6 Å². The van der Waals surface area contributed by atoms with Crippen molar-refractivity contribution in [1.29, 1.82) is 0 Å². The molecule has 2 amide bonds. The number of piperidine rings is 1. The first-order chi connectivity index (χ1) is 21.3. The van der Waals surface area contributed by atoms with E-state index in [2.05, 4.69) is 27.8 Å². The first-order valence-corrected chi connectivity index (χ1v) is 16.9. The number of carbonyl (C=O) groups excluding carboxylic acids is 4. The predicted molar refractivity (Wildman–Crippen MR) is 171 cm³/mol. The predicted octanol–water partition coefficient (Wildman–Crippen LogP) is 3.90. The van der Waals surface area contributed by atoms with Crippen molar-refractivity contribution in [2.75, 3.05) is 45.4 Å². The third kappa shape index (κ3) is 6.09. The molecule has 1 aromatic rings. The maximum Gasteiger partial charge on any atom is 0.337 e. The maximum absolute atomic E-state index is 13.2. The van der Waals surface area contributed by atoms with E-state index < -0.39 is 11.4 Å². The Labute approximate surface area is 264 Å². The lowest BCUT2D eigenvalue weighted by Crippen LogP contribution is -2.52. The number of unbranched alkanes of at least 4 members (excludes halogenated alkanes) is 1. The fraction of sp³-hybridized carbons (Fsp3) is 0.636. The largest absolute Gasteiger partial charge is 0.504 e. The average Bonchev–Trinajstić information content (AvgIpc) is 3.72. The van der Waals surface area contributed by atoms with Gasteiger partial charge in [-0.15, -0.1) is 0 Å². The van der Waals surface area contributed by atoms with E-state index in [-0.39, 0.29) is 41.8 Å². The molecule has 4 unspecified atom stereocenters. The molecule has 11 heteroatoms. The molecule has 1 aromatic carbocycles. The van der Waals surface area contributed by atoms with E-state index in [1.165, 1.54) is 20.5 Å². The normalized spacial score (nSPS) is 31.5. The summed E-state index contributed by atoms with van der Waals surface area (Å²) in [5, 5.41) is 9.67. The van der Waals surface area contributed by atoms with Crippen LogP contribution in [0.3, 0.4) is 0 Å². The van der Waals surface area contributed by atoms with Gasteiger partial charge in [-0.05, 0) is 55.7 Å². The zero-order valence-electron chi connectivity index (χ0n) is 26.2. The number of ether oxygens (including phenoxy) is 2. The van der Waals surface area contributed by atoms with Crippen LogP contribution in [0, 0.1) is 11.8 Å². The molecule has 0 aromatic heterocycles. The smallest absolute Gasteiger partial charge is 0.337 e. The number of hydrogen-bond donors (Lipinski definition) is 3. The molecule has 44 heavy (non-hydrogen) atoms. The maximum atomic E-state index is 13.2. The second kappa shape index (κ2) is 13.9. The Balaban J connectivity index is 1.29. The van der Waals surface area contributed by atoms with Crippen LogP contribution in [-0.4, -0.2) is 92.5 Å². The van der Waals surface area contributed by atoms with Crippen molar-refractivity contribution in [3.8, 4) is 0 Å². The van der Waals surface area contributed by atoms with Gasteiger partial charge in [0.15, 0.2) is 5.78 Å². The molecule has 7 atom stereocenters. The Kier molecular flexibility index (Phi) is 10.2. The molecule has 0 aliphatic carbocycles. The molecule has 0 radical (unpaired) electrons. The number of hydrogen-bond acceptors (Lipinski definition) is 9. The summed E-state index contributed by atoms with van der Waals surface area (Å²) < 4.78 is 10.4. The molecule has 5 rings (SSSR count). The molecule has 10 nitrogen and oxygen atoms in total. The number of amides is 2. The molecule has 0 bridgehead atoms. The van der Waals surface area contributed by atoms with E-state index in [9.17, 15) is 19.2 Å². The van der Waals surface area contributed by atoms with Gasteiger partial charge < -0.3 is 30.2 Å². The topological polar surface area (TPSA) is 126 Å². The fourth-order valence-electron chi connectivity index (χ4n) is 8.01. The molecular weight excluding hydrogens is 580 g/mol. The number of aldehydes is 1. The third-order valence-electron chi connectivity index (χ3n) is 10.4. The van der Waals surface area contributed by atoms with Gasteiger partial charge in [0.2, 0.25) is 0 Å². The SMILES string of the molecule is CC[C@H]1CN2CC[C@@](C=O)(c3ccc(C(=O)CCCC[C@@H]4SCC5NC(=O)NC54)cc3NC)C2CC1/C(=C\OC)C(=O)OC. The molecular formula is C33H46N4O6S. The zero-order chi connectivity index (χ0) is 31.4. The fourth-order valence-corrected chi connectivity index (χ4v) is 9.55. The molecule has 240 valence electrons. The number of anilines is 1. The van der Waals surface area contributed by atoms with Crippen LogP contribution < -0.4 is 16.0 Å². The number of benzene rings is 1. The number of urea groups is 1. The van der Waals surface area contributed by atoms with Crippen LogP contribution >= 0.6 is 11.8 Å². The minimum Gasteiger partial charge on any atom is -0.504 e. The van der Waals surface area contributed by atoms with Gasteiger partial charge in [-0.2, -0.15) is 11.8 Å². The van der Waals surface area contributed by atoms with Crippen molar-refractivity contribution in [1.82, 2.24) is 15.5 Å². The number of Topliss-reactive ketones (excluding diaryl/α,β-unsaturated/α-hetero) is 1. The highest BCUT2D eigenvalue weighted by molar-refractivity contribution is 8.00. The van der Waals surface area contributed by atoms with Gasteiger partial charge >= 0.3 is 12.0 Å². The van der Waals surface area contributed by atoms with Crippen LogP contribution in [0.2, 0.25) is 0 Å². The monoisotopic (exact) mass is 626 g/mol. The Hall–Kier alpha value is -3.05. The quantitative estimate of drug-likeness (QED) is 0.0569. The Morgan fingerprint density at radius 2 is 2.05 bits per heavy atom. The number of carbonyl (C=O) groups is 4. The highest BCUT2D eigenvalue weighted by atomic mass is 32.2. The van der Waals surface area contributed by atoms with Gasteiger partial charge in [-0.3, -0.25) is 9.69 Å². The second-order valence-corrected chi connectivity index (χ2v) is 13.8. The van der Waals surface area contributed by atoms with E-state index in [0.717, 1.165) is 62.1 Å². The summed E-state index contributed by atoms with van der Waals surface area (Å²) >= 11 is 1.89. The van der Waals surface area contributed by atoms with Crippen molar-refractivity contribution >= 4 is 41.5 Å². The Bertz CT molecular complexity index is 1290. The highest BCUT2D eigenvalue weighted by Gasteiger charge is 2.54. The van der Waals surface area contributed by atoms with Crippen molar-refractivity contribution in [2.24, 2.45) is 11.8 Å². The molecule has 3 N–H and O–H groups in total. The first-order valence-electron chi connectivity index (χ1n) is 15.9. The van der Waals surface area contributed by atoms with E-state index >= 15 is 0 Å². The molecule has 4 heterocycles. The standard InChI is InChI=1S/C33H46N4O6S/c1-5-20-16-37-13-12-33(19-38,29(37)15-22(20)23(17-42-3)31(40)43-4)24-11-10-21(14-25(24)34-2)27(39)8-6-7-9-28-30-26(18-44-28)35-32(41)36-30/h10-11,14,17,19-20,22,26,28-30,34H,5-9,12-13,15-16,18H2,1-4H3,(H2,35,36,41)/b23-17+/t20-,22?,26?,28-,29?,30?,33+/m0/s1. The summed E-state index contributed by atoms with van der Waals surface area (Å²) in [6.45, 7) is 3.71. The zero-order valence-corrected chi connectivity index (χ0v) is 27.0. The molecule has 0 saturated carbocycles. The minimum absolute atomic E-state index is 0.0757. The summed E-state index contributed by atoms with van der Waals surface area (Å²) in [5.74, 6) is 0.763. The second-order valence-electron chi connectivity index (χ2n) is 12.5. The minimum atomic E-state index is -0.771. The van der Waals surface area contributed by atoms with Crippen LogP contribution in [-0.2, 0) is 24.5 Å². The number of fused-ring (bicyclic) bond motifs is 2. The molecule has 0 spiro atoms. The van der Waals surface area contributed by atoms with E-state index in [0.29, 0.717) is 35.6 Å². The average molecular weight is 627 g/mol. The van der Waals surface area contributed by atoms with E-state index in [4.69, 9.17) is 9.47 Å². The van der Waals surface area contributed by atoms with Crippen LogP contribution in [0.4, 0.5) is 10.5 Å². The van der Waals surface area contributed by atoms with Gasteiger partial charge in [-0.1, -0.05) is 31.9 Å². The molecule has 4 saturated heterocycles. The molecule has 4 fully saturated rings. The summed E-state index contributed by atoms with van der Waals surface area (Å²) in [7, 11) is 4.74. The Morgan fingerprint density at radius 1 is 1.23 bits per heavy atom. The Morgan fingerprint density at radius 3 is 2.75 bits per heavy atom. The van der Waals surface area contributed by atoms with Crippen LogP contribution in [0.5, 0.6) is 0 Å². The lowest BCUT2D eigenvalue weighted by molar-refractivity contribution is -0.137. The van der Waals surface area contributed by atoms with Crippen molar-refractivity contribution in [3.05, 3.63) is 41.2 Å². The van der Waals surface area contributed by atoms with Gasteiger partial charge in [0, 0.05) is 48.3 Å².